The first kappa shape index (κ1) is 17.0. The number of carbonyl (C=O) groups excluding carboxylic acids is 2. The van der Waals surface area contributed by atoms with Gasteiger partial charge in [0.2, 0.25) is 11.8 Å². The molecular weight excluding hydrogens is 300 g/mol. The van der Waals surface area contributed by atoms with Crippen LogP contribution in [-0.2, 0) is 9.59 Å². The Kier molecular flexibility index (Phi) is 5.54. The van der Waals surface area contributed by atoms with Gasteiger partial charge in [0.05, 0.1) is 6.04 Å². The van der Waals surface area contributed by atoms with Crippen molar-refractivity contribution in [2.45, 2.75) is 51.5 Å². The average molecular weight is 328 g/mol. The summed E-state index contributed by atoms with van der Waals surface area (Å²) in [6, 6.07) is 10.4. The van der Waals surface area contributed by atoms with Gasteiger partial charge in [-0.1, -0.05) is 37.3 Å². The Bertz CT molecular complexity index is 560. The lowest BCUT2D eigenvalue weighted by Gasteiger charge is -2.32. The van der Waals surface area contributed by atoms with Crippen LogP contribution in [0.1, 0.15) is 57.1 Å². The monoisotopic (exact) mass is 328 g/mol. The van der Waals surface area contributed by atoms with Crippen LogP contribution in [0.3, 0.4) is 0 Å². The Morgan fingerprint density at radius 2 is 1.79 bits per heavy atom. The van der Waals surface area contributed by atoms with Crippen molar-refractivity contribution in [3.05, 3.63) is 35.9 Å². The molecule has 130 valence electrons. The van der Waals surface area contributed by atoms with E-state index >= 15 is 0 Å². The second kappa shape index (κ2) is 7.82. The Balaban J connectivity index is 1.54. The van der Waals surface area contributed by atoms with Crippen molar-refractivity contribution in [1.82, 2.24) is 10.2 Å². The summed E-state index contributed by atoms with van der Waals surface area (Å²) in [5, 5.41) is 3.29. The smallest absolute Gasteiger partial charge is 0.223 e. The maximum Gasteiger partial charge on any atom is 0.223 e. The third-order valence-corrected chi connectivity index (χ3v) is 5.23. The molecule has 1 atom stereocenters. The topological polar surface area (TPSA) is 49.4 Å². The van der Waals surface area contributed by atoms with E-state index in [2.05, 4.69) is 17.4 Å². The van der Waals surface area contributed by atoms with E-state index in [1.807, 2.05) is 30.0 Å². The Hall–Kier alpha value is -1.84. The van der Waals surface area contributed by atoms with Crippen molar-refractivity contribution < 1.29 is 9.59 Å². The fraction of sp³-hybridized carbons (Fsp3) is 0.600. The lowest BCUT2D eigenvalue weighted by molar-refractivity contribution is -0.135. The Morgan fingerprint density at radius 1 is 1.12 bits per heavy atom. The second-order valence-corrected chi connectivity index (χ2v) is 7.14. The van der Waals surface area contributed by atoms with Crippen LogP contribution in [0.4, 0.5) is 0 Å². The van der Waals surface area contributed by atoms with Crippen molar-refractivity contribution in [3.63, 3.8) is 0 Å². The van der Waals surface area contributed by atoms with Gasteiger partial charge in [0.25, 0.3) is 0 Å². The van der Waals surface area contributed by atoms with E-state index in [0.29, 0.717) is 12.3 Å². The van der Waals surface area contributed by atoms with E-state index in [1.165, 1.54) is 18.4 Å². The molecule has 24 heavy (non-hydrogen) atoms. The highest BCUT2D eigenvalue weighted by Crippen LogP contribution is 2.41. The summed E-state index contributed by atoms with van der Waals surface area (Å²) in [6.45, 7) is 3.46. The van der Waals surface area contributed by atoms with Crippen molar-refractivity contribution >= 4 is 11.8 Å². The third kappa shape index (κ3) is 4.16. The number of piperidine rings is 1. The van der Waals surface area contributed by atoms with Crippen molar-refractivity contribution in [2.24, 2.45) is 11.8 Å². The lowest BCUT2D eigenvalue weighted by Crippen LogP contribution is -2.43. The van der Waals surface area contributed by atoms with E-state index in [9.17, 15) is 9.59 Å². The third-order valence-electron chi connectivity index (χ3n) is 5.23. The molecule has 1 aliphatic carbocycles. The molecule has 4 nitrogen and oxygen atoms in total. The molecule has 2 aliphatic rings. The lowest BCUT2D eigenvalue weighted by atomic mass is 9.94. The number of nitrogens with one attached hydrogen (secondary N) is 1. The van der Waals surface area contributed by atoms with Crippen molar-refractivity contribution in [2.75, 3.05) is 13.1 Å². The van der Waals surface area contributed by atoms with E-state index < -0.39 is 0 Å². The molecule has 1 aromatic rings. The van der Waals surface area contributed by atoms with Crippen molar-refractivity contribution in [3.8, 4) is 0 Å². The van der Waals surface area contributed by atoms with Crippen LogP contribution < -0.4 is 5.32 Å². The largest absolute Gasteiger partial charge is 0.349 e. The number of carbonyl (C=O) groups is 2. The van der Waals surface area contributed by atoms with E-state index in [1.54, 1.807) is 0 Å². The van der Waals surface area contributed by atoms with Gasteiger partial charge in [-0.15, -0.1) is 0 Å². The molecule has 1 N–H and O–H groups in total. The number of rotatable bonds is 6. The zero-order chi connectivity index (χ0) is 16.9. The van der Waals surface area contributed by atoms with Crippen LogP contribution in [0, 0.1) is 11.8 Å². The Morgan fingerprint density at radius 3 is 2.38 bits per heavy atom. The molecule has 1 aliphatic heterocycles. The second-order valence-electron chi connectivity index (χ2n) is 7.14. The molecule has 0 radical (unpaired) electrons. The van der Waals surface area contributed by atoms with Gasteiger partial charge >= 0.3 is 0 Å². The molecule has 3 rings (SSSR count). The molecule has 1 saturated heterocycles. The number of benzene rings is 1. The number of hydrogen-bond donors (Lipinski definition) is 1. The molecule has 0 aromatic heterocycles. The van der Waals surface area contributed by atoms with Gasteiger partial charge in [0, 0.05) is 25.4 Å². The van der Waals surface area contributed by atoms with Gasteiger partial charge in [0.15, 0.2) is 0 Å². The summed E-state index contributed by atoms with van der Waals surface area (Å²) >= 11 is 0. The number of hydrogen-bond acceptors (Lipinski definition) is 2. The fourth-order valence-corrected chi connectivity index (χ4v) is 3.60. The van der Waals surface area contributed by atoms with Gasteiger partial charge in [-0.25, -0.2) is 0 Å². The van der Waals surface area contributed by atoms with Gasteiger partial charge in [-0.2, -0.15) is 0 Å². The molecule has 1 heterocycles. The van der Waals surface area contributed by atoms with Crippen LogP contribution >= 0.6 is 0 Å². The predicted molar refractivity (Wildman–Crippen MR) is 94.3 cm³/mol. The summed E-state index contributed by atoms with van der Waals surface area (Å²) in [4.78, 5) is 26.6. The standard InChI is InChI=1S/C20H28N2O2/c1-2-6-18(23)22-13-11-17(12-14-22)20(24)21-19(16-9-10-16)15-7-4-3-5-8-15/h3-5,7-8,16-17,19H,2,6,9-14H2,1H3,(H,21,24)/t19-/m1/s1. The molecular formula is C20H28N2O2. The molecule has 2 amide bonds. The Labute approximate surface area is 144 Å². The molecule has 1 aromatic carbocycles. The van der Waals surface area contributed by atoms with Crippen LogP contribution in [-0.4, -0.2) is 29.8 Å². The number of nitrogens with zero attached hydrogens (tertiary/aromatic N) is 1. The normalized spacial score (nSPS) is 19.8. The van der Waals surface area contributed by atoms with E-state index in [4.69, 9.17) is 0 Å². The predicted octanol–water partition coefficient (Wildman–Crippen LogP) is 3.29. The van der Waals surface area contributed by atoms with Gasteiger partial charge in [-0.3, -0.25) is 9.59 Å². The minimum Gasteiger partial charge on any atom is -0.349 e. The first-order valence-corrected chi connectivity index (χ1v) is 9.32. The molecule has 0 unspecified atom stereocenters. The first-order valence-electron chi connectivity index (χ1n) is 9.32. The summed E-state index contributed by atoms with van der Waals surface area (Å²) < 4.78 is 0. The summed E-state index contributed by atoms with van der Waals surface area (Å²) in [5.41, 5.74) is 1.21. The molecule has 0 bridgehead atoms. The highest BCUT2D eigenvalue weighted by atomic mass is 16.2. The summed E-state index contributed by atoms with van der Waals surface area (Å²) in [6.07, 6.45) is 5.47. The van der Waals surface area contributed by atoms with Crippen LogP contribution in [0.15, 0.2) is 30.3 Å². The summed E-state index contributed by atoms with van der Waals surface area (Å²) in [5.74, 6) is 1.03. The average Bonchev–Trinajstić information content (AvgIpc) is 3.45. The number of likely N-dealkylation sites (tertiary alicyclic amines) is 1. The van der Waals surface area contributed by atoms with Crippen LogP contribution in [0.5, 0.6) is 0 Å². The molecule has 2 fully saturated rings. The van der Waals surface area contributed by atoms with Gasteiger partial charge in [0.1, 0.15) is 0 Å². The first-order chi connectivity index (χ1) is 11.7. The zero-order valence-corrected chi connectivity index (χ0v) is 14.5. The molecule has 4 heteroatoms. The van der Waals surface area contributed by atoms with Crippen LogP contribution in [0.25, 0.3) is 0 Å². The molecule has 0 spiro atoms. The maximum absolute atomic E-state index is 12.7. The zero-order valence-electron chi connectivity index (χ0n) is 14.5. The fourth-order valence-electron chi connectivity index (χ4n) is 3.60. The highest BCUT2D eigenvalue weighted by molar-refractivity contribution is 5.80. The van der Waals surface area contributed by atoms with E-state index in [0.717, 1.165) is 32.4 Å². The van der Waals surface area contributed by atoms with Gasteiger partial charge < -0.3 is 10.2 Å². The van der Waals surface area contributed by atoms with Gasteiger partial charge in [-0.05, 0) is 43.6 Å². The summed E-state index contributed by atoms with van der Waals surface area (Å²) in [7, 11) is 0. The van der Waals surface area contributed by atoms with E-state index in [-0.39, 0.29) is 23.8 Å². The van der Waals surface area contributed by atoms with Crippen molar-refractivity contribution in [1.29, 1.82) is 0 Å². The molecule has 1 saturated carbocycles. The minimum absolute atomic E-state index is 0.0423. The quantitative estimate of drug-likeness (QED) is 0.871. The minimum atomic E-state index is 0.0423. The highest BCUT2D eigenvalue weighted by Gasteiger charge is 2.35. The van der Waals surface area contributed by atoms with Crippen LogP contribution in [0.2, 0.25) is 0 Å². The number of amides is 2. The SMILES string of the molecule is CCCC(=O)N1CCC(C(=O)N[C@H](c2ccccc2)C2CC2)CC1. The maximum atomic E-state index is 12.7.